The van der Waals surface area contributed by atoms with Gasteiger partial charge in [0.2, 0.25) is 0 Å². The summed E-state index contributed by atoms with van der Waals surface area (Å²) >= 11 is 3.39. The molecule has 0 aliphatic heterocycles. The minimum atomic E-state index is -0.409. The van der Waals surface area contributed by atoms with E-state index in [1.54, 1.807) is 23.1 Å². The molecule has 3 nitrogen and oxygen atoms in total. The van der Waals surface area contributed by atoms with Crippen LogP contribution >= 0.6 is 23.1 Å². The van der Waals surface area contributed by atoms with Crippen molar-refractivity contribution in [1.82, 2.24) is 4.57 Å². The zero-order valence-electron chi connectivity index (χ0n) is 17.1. The van der Waals surface area contributed by atoms with Crippen LogP contribution in [0.15, 0.2) is 83.9 Å². The van der Waals surface area contributed by atoms with E-state index in [2.05, 4.69) is 40.9 Å². The molecule has 1 heterocycles. The van der Waals surface area contributed by atoms with Gasteiger partial charge in [-0.15, -0.1) is 0 Å². The molecule has 0 N–H and O–H groups in total. The van der Waals surface area contributed by atoms with Gasteiger partial charge in [0.15, 0.2) is 4.80 Å². The normalized spacial score (nSPS) is 12.0. The van der Waals surface area contributed by atoms with Crippen LogP contribution in [-0.4, -0.2) is 22.5 Å². The van der Waals surface area contributed by atoms with Crippen LogP contribution in [0.5, 0.6) is 0 Å². The van der Waals surface area contributed by atoms with Gasteiger partial charge < -0.3 is 4.57 Å². The first-order chi connectivity index (χ1) is 14.7. The molecule has 0 atom stereocenters. The summed E-state index contributed by atoms with van der Waals surface area (Å²) in [5, 5.41) is 0. The van der Waals surface area contributed by atoms with Gasteiger partial charge in [-0.05, 0) is 42.0 Å². The van der Waals surface area contributed by atoms with Crippen molar-refractivity contribution >= 4 is 39.2 Å². The number of hydrogen-bond donors (Lipinski definition) is 0. The lowest BCUT2D eigenvalue weighted by molar-refractivity contribution is -0.118. The van der Waals surface area contributed by atoms with E-state index in [4.69, 9.17) is 0 Å². The Balaban J connectivity index is 1.84. The quantitative estimate of drug-likeness (QED) is 0.395. The Morgan fingerprint density at radius 1 is 1.00 bits per heavy atom. The van der Waals surface area contributed by atoms with Crippen molar-refractivity contribution in [2.75, 3.05) is 12.0 Å². The first-order valence-corrected chi connectivity index (χ1v) is 12.2. The number of aromatic nitrogens is 1. The number of thioether (sulfide) groups is 1. The number of aryl methyl sites for hydroxylation is 2. The molecule has 0 saturated heterocycles. The van der Waals surface area contributed by atoms with Crippen LogP contribution in [-0.2, 0) is 11.3 Å². The van der Waals surface area contributed by atoms with E-state index in [1.165, 1.54) is 10.3 Å². The molecule has 1 amide bonds. The van der Waals surface area contributed by atoms with E-state index in [-0.39, 0.29) is 5.91 Å². The molecule has 1 aromatic heterocycles. The minimum absolute atomic E-state index is 0.131. The SMILES string of the molecule is CSCCn1c(=NC(=O)C(c2ccccc2)c2ccccc2)sc2cc(C)ccc21. The number of carbonyl (C=O) groups excluding carboxylic acids is 1. The summed E-state index contributed by atoms with van der Waals surface area (Å²) < 4.78 is 3.35. The van der Waals surface area contributed by atoms with E-state index in [0.717, 1.165) is 33.7 Å². The maximum absolute atomic E-state index is 13.5. The van der Waals surface area contributed by atoms with Gasteiger partial charge in [-0.25, -0.2) is 0 Å². The first kappa shape index (κ1) is 20.6. The lowest BCUT2D eigenvalue weighted by Crippen LogP contribution is -2.21. The van der Waals surface area contributed by atoms with E-state index in [9.17, 15) is 4.79 Å². The zero-order valence-corrected chi connectivity index (χ0v) is 18.7. The van der Waals surface area contributed by atoms with Gasteiger partial charge in [0.1, 0.15) is 0 Å². The third-order valence-electron chi connectivity index (χ3n) is 5.08. The minimum Gasteiger partial charge on any atom is -0.316 e. The van der Waals surface area contributed by atoms with Gasteiger partial charge in [0, 0.05) is 12.3 Å². The predicted molar refractivity (Wildman–Crippen MR) is 128 cm³/mol. The summed E-state index contributed by atoms with van der Waals surface area (Å²) in [6.07, 6.45) is 2.10. The maximum Gasteiger partial charge on any atom is 0.260 e. The molecule has 0 saturated carbocycles. The van der Waals surface area contributed by atoms with Gasteiger partial charge in [-0.3, -0.25) is 4.79 Å². The second-order valence-corrected chi connectivity index (χ2v) is 9.20. The Bertz CT molecular complexity index is 1170. The van der Waals surface area contributed by atoms with Crippen LogP contribution in [0.4, 0.5) is 0 Å². The third-order valence-corrected chi connectivity index (χ3v) is 6.71. The highest BCUT2D eigenvalue weighted by Crippen LogP contribution is 2.26. The number of amides is 1. The fourth-order valence-corrected chi connectivity index (χ4v) is 5.12. The molecule has 0 spiro atoms. The monoisotopic (exact) mass is 432 g/mol. The topological polar surface area (TPSA) is 34.4 Å². The van der Waals surface area contributed by atoms with E-state index >= 15 is 0 Å². The molecule has 0 radical (unpaired) electrons. The number of thiazole rings is 1. The van der Waals surface area contributed by atoms with Crippen molar-refractivity contribution in [3.05, 3.63) is 100 Å². The van der Waals surface area contributed by atoms with Crippen molar-refractivity contribution in [3.8, 4) is 0 Å². The number of carbonyl (C=O) groups is 1. The Morgan fingerprint density at radius 3 is 2.23 bits per heavy atom. The number of benzene rings is 3. The third kappa shape index (κ3) is 4.42. The van der Waals surface area contributed by atoms with Crippen molar-refractivity contribution in [2.24, 2.45) is 4.99 Å². The second kappa shape index (κ2) is 9.45. The molecule has 3 aromatic carbocycles. The molecule has 152 valence electrons. The summed E-state index contributed by atoms with van der Waals surface area (Å²) in [6.45, 7) is 2.92. The zero-order chi connectivity index (χ0) is 20.9. The van der Waals surface area contributed by atoms with E-state index < -0.39 is 5.92 Å². The van der Waals surface area contributed by atoms with E-state index in [1.807, 2.05) is 60.7 Å². The summed E-state index contributed by atoms with van der Waals surface area (Å²) in [7, 11) is 0. The fraction of sp³-hybridized carbons (Fsp3) is 0.200. The molecule has 0 unspecified atom stereocenters. The number of rotatable bonds is 6. The van der Waals surface area contributed by atoms with Crippen molar-refractivity contribution in [3.63, 3.8) is 0 Å². The molecule has 5 heteroatoms. The fourth-order valence-electron chi connectivity index (χ4n) is 3.59. The number of nitrogens with zero attached hydrogens (tertiary/aromatic N) is 2. The van der Waals surface area contributed by atoms with Crippen LogP contribution in [0, 0.1) is 6.92 Å². The van der Waals surface area contributed by atoms with E-state index in [0.29, 0.717) is 0 Å². The van der Waals surface area contributed by atoms with Crippen LogP contribution < -0.4 is 4.80 Å². The van der Waals surface area contributed by atoms with Crippen LogP contribution in [0.25, 0.3) is 10.2 Å². The second-order valence-electron chi connectivity index (χ2n) is 7.20. The van der Waals surface area contributed by atoms with Crippen molar-refractivity contribution in [1.29, 1.82) is 0 Å². The molecule has 0 aliphatic carbocycles. The summed E-state index contributed by atoms with van der Waals surface area (Å²) in [4.78, 5) is 18.9. The Morgan fingerprint density at radius 2 is 1.63 bits per heavy atom. The molecule has 4 rings (SSSR count). The van der Waals surface area contributed by atoms with Gasteiger partial charge in [-0.1, -0.05) is 78.1 Å². The number of hydrogen-bond acceptors (Lipinski definition) is 3. The highest BCUT2D eigenvalue weighted by atomic mass is 32.2. The highest BCUT2D eigenvalue weighted by Gasteiger charge is 2.22. The van der Waals surface area contributed by atoms with Gasteiger partial charge in [-0.2, -0.15) is 16.8 Å². The van der Waals surface area contributed by atoms with Crippen LogP contribution in [0.2, 0.25) is 0 Å². The van der Waals surface area contributed by atoms with Gasteiger partial charge in [0.05, 0.1) is 16.1 Å². The van der Waals surface area contributed by atoms with Crippen molar-refractivity contribution in [2.45, 2.75) is 19.4 Å². The molecule has 0 fully saturated rings. The first-order valence-electron chi connectivity index (χ1n) is 9.95. The predicted octanol–water partition coefficient (Wildman–Crippen LogP) is 5.63. The smallest absolute Gasteiger partial charge is 0.260 e. The maximum atomic E-state index is 13.5. The van der Waals surface area contributed by atoms with Gasteiger partial charge >= 0.3 is 0 Å². The Labute approximate surface area is 185 Å². The molecule has 4 aromatic rings. The molecular formula is C25H24N2OS2. The Kier molecular flexibility index (Phi) is 6.50. The molecule has 0 bridgehead atoms. The lowest BCUT2D eigenvalue weighted by Gasteiger charge is -2.14. The Hall–Kier alpha value is -2.63. The number of fused-ring (bicyclic) bond motifs is 1. The molecule has 0 aliphatic rings. The molecular weight excluding hydrogens is 408 g/mol. The summed E-state index contributed by atoms with van der Waals surface area (Å²) in [5.41, 5.74) is 4.28. The highest BCUT2D eigenvalue weighted by molar-refractivity contribution is 7.98. The largest absolute Gasteiger partial charge is 0.316 e. The molecule has 30 heavy (non-hydrogen) atoms. The summed E-state index contributed by atoms with van der Waals surface area (Å²) in [5.74, 6) is 0.434. The van der Waals surface area contributed by atoms with Crippen molar-refractivity contribution < 1.29 is 4.79 Å². The average molecular weight is 433 g/mol. The summed E-state index contributed by atoms with van der Waals surface area (Å²) in [6, 6.07) is 26.3. The van der Waals surface area contributed by atoms with Crippen LogP contribution in [0.3, 0.4) is 0 Å². The van der Waals surface area contributed by atoms with Crippen LogP contribution in [0.1, 0.15) is 22.6 Å². The average Bonchev–Trinajstić information content (AvgIpc) is 3.09. The van der Waals surface area contributed by atoms with Gasteiger partial charge in [0.25, 0.3) is 5.91 Å². The lowest BCUT2D eigenvalue weighted by atomic mass is 9.91. The standard InChI is InChI=1S/C25H24N2OS2/c1-18-13-14-21-22(17-18)30-25(27(21)15-16-29-2)26-24(28)23(19-9-5-3-6-10-19)20-11-7-4-8-12-20/h3-14,17,23H,15-16H2,1-2H3.